The van der Waals surface area contributed by atoms with Crippen LogP contribution in [0.15, 0.2) is 42.7 Å². The Balaban J connectivity index is 2.14. The van der Waals surface area contributed by atoms with Crippen LogP contribution >= 0.6 is 0 Å². The second-order valence-electron chi connectivity index (χ2n) is 4.61. The van der Waals surface area contributed by atoms with E-state index in [0.717, 1.165) is 22.9 Å². The van der Waals surface area contributed by atoms with Crippen molar-refractivity contribution in [3.05, 3.63) is 54.0 Å². The maximum atomic E-state index is 12.2. The Morgan fingerprint density at radius 1 is 1.10 bits per heavy atom. The van der Waals surface area contributed by atoms with Crippen LogP contribution in [-0.2, 0) is 11.2 Å². The minimum absolute atomic E-state index is 0.310. The van der Waals surface area contributed by atoms with E-state index in [1.54, 1.807) is 23.0 Å². The molecule has 0 saturated carbocycles. The largest absolute Gasteiger partial charge is 0.461 e. The Morgan fingerprint density at radius 2 is 1.90 bits per heavy atom. The van der Waals surface area contributed by atoms with Crippen molar-refractivity contribution in [2.75, 3.05) is 6.61 Å². The number of benzene rings is 1. The van der Waals surface area contributed by atoms with Crippen LogP contribution in [0.25, 0.3) is 16.9 Å². The third-order valence-electron chi connectivity index (χ3n) is 3.51. The first-order valence-electron chi connectivity index (χ1n) is 6.43. The molecule has 0 amide bonds. The Hall–Kier alpha value is -2.69. The summed E-state index contributed by atoms with van der Waals surface area (Å²) in [4.78, 5) is 20.7. The molecule has 2 aromatic heterocycles. The first kappa shape index (κ1) is 11.2. The van der Waals surface area contributed by atoms with Crippen molar-refractivity contribution >= 4 is 16.9 Å². The fourth-order valence-corrected chi connectivity index (χ4v) is 2.70. The average Bonchev–Trinajstić information content (AvgIpc) is 2.84. The van der Waals surface area contributed by atoms with E-state index in [0.29, 0.717) is 18.2 Å². The van der Waals surface area contributed by atoms with E-state index < -0.39 is 0 Å². The van der Waals surface area contributed by atoms with Gasteiger partial charge in [-0.15, -0.1) is 0 Å². The smallest absolute Gasteiger partial charge is 0.355 e. The number of hydrogen-bond acceptors (Lipinski definition) is 4. The summed E-state index contributed by atoms with van der Waals surface area (Å²) >= 11 is 0. The van der Waals surface area contributed by atoms with Crippen LogP contribution in [0.2, 0.25) is 0 Å². The fraction of sp³-hybridized carbons (Fsp3) is 0.133. The summed E-state index contributed by atoms with van der Waals surface area (Å²) < 4.78 is 6.96. The molecule has 98 valence electrons. The predicted octanol–water partition coefficient (Wildman–Crippen LogP) is 2.13. The van der Waals surface area contributed by atoms with Crippen LogP contribution in [0.3, 0.4) is 0 Å². The second-order valence-corrected chi connectivity index (χ2v) is 4.61. The van der Waals surface area contributed by atoms with Crippen LogP contribution in [0.5, 0.6) is 0 Å². The summed E-state index contributed by atoms with van der Waals surface area (Å²) in [6.45, 7) is 0.426. The van der Waals surface area contributed by atoms with Gasteiger partial charge < -0.3 is 4.74 Å². The molecule has 0 spiro atoms. The molecule has 5 nitrogen and oxygen atoms in total. The van der Waals surface area contributed by atoms with E-state index >= 15 is 0 Å². The van der Waals surface area contributed by atoms with Gasteiger partial charge in [-0.05, 0) is 17.7 Å². The highest BCUT2D eigenvalue weighted by atomic mass is 16.5. The van der Waals surface area contributed by atoms with E-state index in [9.17, 15) is 4.79 Å². The SMILES string of the molecule is O=C1OCCc2c1n(-c1ncccn1)c1ccccc21. The summed E-state index contributed by atoms with van der Waals surface area (Å²) in [5.41, 5.74) is 2.50. The summed E-state index contributed by atoms with van der Waals surface area (Å²) in [7, 11) is 0. The third-order valence-corrected chi connectivity index (χ3v) is 3.51. The molecular weight excluding hydrogens is 254 g/mol. The van der Waals surface area contributed by atoms with Gasteiger partial charge in [0.05, 0.1) is 12.1 Å². The number of esters is 1. The fourth-order valence-electron chi connectivity index (χ4n) is 2.70. The van der Waals surface area contributed by atoms with Crippen molar-refractivity contribution in [3.63, 3.8) is 0 Å². The number of para-hydroxylation sites is 1. The van der Waals surface area contributed by atoms with Crippen molar-refractivity contribution in [1.29, 1.82) is 0 Å². The molecule has 0 saturated heterocycles. The van der Waals surface area contributed by atoms with Crippen LogP contribution in [0.1, 0.15) is 16.1 Å². The highest BCUT2D eigenvalue weighted by Crippen LogP contribution is 2.31. The van der Waals surface area contributed by atoms with Gasteiger partial charge in [0.25, 0.3) is 0 Å². The van der Waals surface area contributed by atoms with Gasteiger partial charge in [0.2, 0.25) is 5.95 Å². The molecule has 1 aliphatic heterocycles. The Morgan fingerprint density at radius 3 is 2.75 bits per heavy atom. The molecule has 4 rings (SSSR count). The summed E-state index contributed by atoms with van der Waals surface area (Å²) in [6, 6.07) is 9.65. The van der Waals surface area contributed by atoms with Gasteiger partial charge in [0.1, 0.15) is 5.69 Å². The standard InChI is InChI=1S/C15H11N3O2/c19-14-13-11(6-9-20-14)10-4-1-2-5-12(10)18(13)15-16-7-3-8-17-15/h1-5,7-8H,6,9H2. The number of carbonyl (C=O) groups excluding carboxylic acids is 1. The quantitative estimate of drug-likeness (QED) is 0.632. The molecule has 0 N–H and O–H groups in total. The van der Waals surface area contributed by atoms with Crippen LogP contribution in [0, 0.1) is 0 Å². The predicted molar refractivity (Wildman–Crippen MR) is 72.9 cm³/mol. The van der Waals surface area contributed by atoms with Gasteiger partial charge in [-0.25, -0.2) is 14.8 Å². The number of aromatic nitrogens is 3. The van der Waals surface area contributed by atoms with Crippen LogP contribution in [0.4, 0.5) is 0 Å². The van der Waals surface area contributed by atoms with Crippen LogP contribution < -0.4 is 0 Å². The van der Waals surface area contributed by atoms with Crippen molar-refractivity contribution in [2.45, 2.75) is 6.42 Å². The molecule has 0 fully saturated rings. The summed E-state index contributed by atoms with van der Waals surface area (Å²) in [6.07, 6.45) is 4.05. The van der Waals surface area contributed by atoms with Crippen molar-refractivity contribution in [3.8, 4) is 5.95 Å². The zero-order valence-electron chi connectivity index (χ0n) is 10.6. The van der Waals surface area contributed by atoms with E-state index in [2.05, 4.69) is 9.97 Å². The minimum atomic E-state index is -0.310. The number of nitrogens with zero attached hydrogens (tertiary/aromatic N) is 3. The maximum absolute atomic E-state index is 12.2. The molecule has 0 aliphatic carbocycles. The second kappa shape index (κ2) is 4.16. The van der Waals surface area contributed by atoms with Gasteiger partial charge >= 0.3 is 5.97 Å². The number of hydrogen-bond donors (Lipinski definition) is 0. The van der Waals surface area contributed by atoms with Gasteiger partial charge in [-0.1, -0.05) is 18.2 Å². The number of cyclic esters (lactones) is 1. The molecule has 0 atom stereocenters. The Bertz CT molecular complexity index is 809. The van der Waals surface area contributed by atoms with E-state index in [1.165, 1.54) is 0 Å². The molecule has 1 aromatic carbocycles. The molecule has 0 bridgehead atoms. The average molecular weight is 265 g/mol. The first-order chi connectivity index (χ1) is 9.86. The van der Waals surface area contributed by atoms with E-state index in [1.807, 2.05) is 24.3 Å². The van der Waals surface area contributed by atoms with Crippen LogP contribution in [-0.4, -0.2) is 27.1 Å². The molecule has 1 aliphatic rings. The molecule has 0 radical (unpaired) electrons. The lowest BCUT2D eigenvalue weighted by atomic mass is 10.1. The lowest BCUT2D eigenvalue weighted by Gasteiger charge is -2.14. The summed E-state index contributed by atoms with van der Waals surface area (Å²) in [5, 5.41) is 1.06. The Kier molecular flexibility index (Phi) is 2.32. The highest BCUT2D eigenvalue weighted by molar-refractivity contribution is 6.00. The monoisotopic (exact) mass is 265 g/mol. The van der Waals surface area contributed by atoms with E-state index in [-0.39, 0.29) is 5.97 Å². The topological polar surface area (TPSA) is 57.0 Å². The zero-order chi connectivity index (χ0) is 13.5. The maximum Gasteiger partial charge on any atom is 0.355 e. The number of fused-ring (bicyclic) bond motifs is 3. The molecular formula is C15H11N3O2. The van der Waals surface area contributed by atoms with Crippen molar-refractivity contribution in [1.82, 2.24) is 14.5 Å². The number of ether oxygens (including phenoxy) is 1. The van der Waals surface area contributed by atoms with E-state index in [4.69, 9.17) is 4.74 Å². The number of carbonyl (C=O) groups is 1. The van der Waals surface area contributed by atoms with Gasteiger partial charge in [-0.3, -0.25) is 4.57 Å². The van der Waals surface area contributed by atoms with Gasteiger partial charge in [-0.2, -0.15) is 0 Å². The Labute approximate surface area is 114 Å². The first-order valence-corrected chi connectivity index (χ1v) is 6.43. The van der Waals surface area contributed by atoms with Crippen molar-refractivity contribution < 1.29 is 9.53 Å². The normalized spacial score (nSPS) is 14.1. The molecule has 5 heteroatoms. The highest BCUT2D eigenvalue weighted by Gasteiger charge is 2.28. The molecule has 3 heterocycles. The van der Waals surface area contributed by atoms with Gasteiger partial charge in [0, 0.05) is 24.2 Å². The summed E-state index contributed by atoms with van der Waals surface area (Å²) in [5.74, 6) is 0.179. The lowest BCUT2D eigenvalue weighted by molar-refractivity contribution is 0.0471. The molecule has 3 aromatic rings. The zero-order valence-corrected chi connectivity index (χ0v) is 10.6. The minimum Gasteiger partial charge on any atom is -0.461 e. The molecule has 0 unspecified atom stereocenters. The van der Waals surface area contributed by atoms with Crippen molar-refractivity contribution in [2.24, 2.45) is 0 Å². The van der Waals surface area contributed by atoms with Gasteiger partial charge in [0.15, 0.2) is 0 Å². The lowest BCUT2D eigenvalue weighted by Crippen LogP contribution is -2.20. The molecule has 20 heavy (non-hydrogen) atoms. The number of rotatable bonds is 1. The third kappa shape index (κ3) is 1.46.